The number of alkyl halides is 2. The number of halogens is 2. The molecule has 0 radical (unpaired) electrons. The summed E-state index contributed by atoms with van der Waals surface area (Å²) in [6.07, 6.45) is 0. The highest BCUT2D eigenvalue weighted by Crippen LogP contribution is 2.30. The molecule has 0 unspecified atom stereocenters. The molecule has 0 saturated heterocycles. The second-order valence-electron chi connectivity index (χ2n) is 3.98. The van der Waals surface area contributed by atoms with Crippen LogP contribution in [0.1, 0.15) is 10.4 Å². The Morgan fingerprint density at radius 1 is 0.944 bits per heavy atom. The van der Waals surface area contributed by atoms with Crippen LogP contribution in [0.25, 0.3) is 20.2 Å². The van der Waals surface area contributed by atoms with Crippen LogP contribution in [0, 0.1) is 0 Å². The molecule has 2 aromatic carbocycles. The van der Waals surface area contributed by atoms with Crippen molar-refractivity contribution < 1.29 is 0 Å². The van der Waals surface area contributed by atoms with Gasteiger partial charge < -0.3 is 0 Å². The lowest BCUT2D eigenvalue weighted by atomic mass is 10.1. The maximum absolute atomic E-state index is 12.4. The lowest BCUT2D eigenvalue weighted by molar-refractivity contribution is 1.37. The van der Waals surface area contributed by atoms with E-state index in [0.29, 0.717) is 5.39 Å². The molecular formula is C14H8Cl2OS. The van der Waals surface area contributed by atoms with Crippen molar-refractivity contribution >= 4 is 54.7 Å². The van der Waals surface area contributed by atoms with Gasteiger partial charge in [0, 0.05) is 20.2 Å². The van der Waals surface area contributed by atoms with Crippen LogP contribution in [0.2, 0.25) is 0 Å². The highest BCUT2D eigenvalue weighted by atomic mass is 35.5. The normalized spacial score (nSPS) is 11.5. The van der Waals surface area contributed by atoms with E-state index >= 15 is 0 Å². The van der Waals surface area contributed by atoms with E-state index in [1.54, 1.807) is 17.4 Å². The molecule has 0 saturated carbocycles. The van der Waals surface area contributed by atoms with E-state index in [9.17, 15) is 4.79 Å². The van der Waals surface area contributed by atoms with Gasteiger partial charge in [0.1, 0.15) is 4.84 Å². The standard InChI is InChI=1S/C14H8Cl2OS/c15-14(16)8-5-6-12-10(7-8)13(17)9-3-1-2-4-11(9)18-12/h1-7,14H. The number of hydrogen-bond donors (Lipinski definition) is 0. The minimum atomic E-state index is -0.606. The molecule has 1 nitrogen and oxygen atoms in total. The highest BCUT2D eigenvalue weighted by Gasteiger charge is 2.09. The predicted molar refractivity (Wildman–Crippen MR) is 80.0 cm³/mol. The Morgan fingerprint density at radius 2 is 1.67 bits per heavy atom. The third kappa shape index (κ3) is 1.91. The van der Waals surface area contributed by atoms with Crippen LogP contribution >= 0.6 is 34.5 Å². The van der Waals surface area contributed by atoms with Gasteiger partial charge in [0.25, 0.3) is 0 Å². The Labute approximate surface area is 118 Å². The second kappa shape index (κ2) is 4.54. The molecule has 0 N–H and O–H groups in total. The summed E-state index contributed by atoms with van der Waals surface area (Å²) in [5, 5.41) is 1.43. The van der Waals surface area contributed by atoms with Crippen LogP contribution in [-0.2, 0) is 0 Å². The Balaban J connectivity index is 2.45. The second-order valence-corrected chi connectivity index (χ2v) is 6.16. The van der Waals surface area contributed by atoms with Gasteiger partial charge in [-0.25, -0.2) is 0 Å². The van der Waals surface area contributed by atoms with E-state index in [1.165, 1.54) is 0 Å². The molecule has 18 heavy (non-hydrogen) atoms. The van der Waals surface area contributed by atoms with E-state index in [0.717, 1.165) is 20.3 Å². The molecule has 0 aliphatic heterocycles. The summed E-state index contributed by atoms with van der Waals surface area (Å²) in [6, 6.07) is 13.2. The van der Waals surface area contributed by atoms with Crippen molar-refractivity contribution in [3.8, 4) is 0 Å². The van der Waals surface area contributed by atoms with E-state index in [4.69, 9.17) is 23.2 Å². The largest absolute Gasteiger partial charge is 0.289 e. The molecule has 3 rings (SSSR count). The summed E-state index contributed by atoms with van der Waals surface area (Å²) < 4.78 is 1.95. The van der Waals surface area contributed by atoms with Crippen molar-refractivity contribution in [2.45, 2.75) is 4.84 Å². The fourth-order valence-corrected chi connectivity index (χ4v) is 3.28. The zero-order chi connectivity index (χ0) is 12.7. The molecule has 0 atom stereocenters. The number of benzene rings is 2. The van der Waals surface area contributed by atoms with Crippen LogP contribution in [0.3, 0.4) is 0 Å². The van der Waals surface area contributed by atoms with Gasteiger partial charge in [-0.15, -0.1) is 34.5 Å². The number of fused-ring (bicyclic) bond motifs is 2. The third-order valence-corrected chi connectivity index (χ3v) is 4.51. The maximum Gasteiger partial charge on any atom is 0.195 e. The van der Waals surface area contributed by atoms with Crippen LogP contribution in [0.5, 0.6) is 0 Å². The Hall–Kier alpha value is -1.09. The van der Waals surface area contributed by atoms with Crippen LogP contribution in [0.4, 0.5) is 0 Å². The van der Waals surface area contributed by atoms with Crippen molar-refractivity contribution in [2.24, 2.45) is 0 Å². The molecule has 0 aliphatic carbocycles. The predicted octanol–water partition coefficient (Wildman–Crippen LogP) is 4.89. The van der Waals surface area contributed by atoms with E-state index in [2.05, 4.69) is 0 Å². The highest BCUT2D eigenvalue weighted by molar-refractivity contribution is 7.24. The summed E-state index contributed by atoms with van der Waals surface area (Å²) >= 11 is 13.3. The quantitative estimate of drug-likeness (QED) is 0.461. The van der Waals surface area contributed by atoms with E-state index in [-0.39, 0.29) is 5.43 Å². The van der Waals surface area contributed by atoms with Gasteiger partial charge in [0.15, 0.2) is 5.43 Å². The molecule has 1 heterocycles. The summed E-state index contributed by atoms with van der Waals surface area (Å²) in [6.45, 7) is 0. The Kier molecular flexibility index (Phi) is 3.02. The van der Waals surface area contributed by atoms with Crippen molar-refractivity contribution in [3.05, 3.63) is 58.3 Å². The average molecular weight is 295 g/mol. The summed E-state index contributed by atoms with van der Waals surface area (Å²) in [7, 11) is 0. The fraction of sp³-hybridized carbons (Fsp3) is 0.0714. The Morgan fingerprint density at radius 3 is 2.44 bits per heavy atom. The van der Waals surface area contributed by atoms with Crippen LogP contribution in [-0.4, -0.2) is 0 Å². The molecule has 0 spiro atoms. The van der Waals surface area contributed by atoms with Gasteiger partial charge in [-0.1, -0.05) is 18.2 Å². The van der Waals surface area contributed by atoms with Gasteiger partial charge in [-0.2, -0.15) is 0 Å². The molecule has 1 aromatic heterocycles. The zero-order valence-corrected chi connectivity index (χ0v) is 11.5. The molecule has 3 aromatic rings. The fourth-order valence-electron chi connectivity index (χ4n) is 1.96. The van der Waals surface area contributed by atoms with Crippen molar-refractivity contribution in [2.75, 3.05) is 0 Å². The van der Waals surface area contributed by atoms with Gasteiger partial charge in [-0.3, -0.25) is 4.79 Å². The molecule has 0 bridgehead atoms. The lowest BCUT2D eigenvalue weighted by Gasteiger charge is -2.04. The van der Waals surface area contributed by atoms with Gasteiger partial charge in [0.2, 0.25) is 0 Å². The van der Waals surface area contributed by atoms with Crippen molar-refractivity contribution in [1.29, 1.82) is 0 Å². The first-order valence-electron chi connectivity index (χ1n) is 5.40. The first kappa shape index (κ1) is 12.0. The molecule has 0 fully saturated rings. The summed E-state index contributed by atoms with van der Waals surface area (Å²) in [5.41, 5.74) is 0.792. The molecule has 4 heteroatoms. The number of rotatable bonds is 1. The van der Waals surface area contributed by atoms with Crippen LogP contribution in [0.15, 0.2) is 47.3 Å². The summed E-state index contributed by atoms with van der Waals surface area (Å²) in [5.74, 6) is 0. The smallest absolute Gasteiger partial charge is 0.195 e. The summed E-state index contributed by atoms with van der Waals surface area (Å²) in [4.78, 5) is 11.8. The minimum Gasteiger partial charge on any atom is -0.289 e. The lowest BCUT2D eigenvalue weighted by Crippen LogP contribution is -2.01. The molecular weight excluding hydrogens is 287 g/mol. The average Bonchev–Trinajstić information content (AvgIpc) is 2.38. The zero-order valence-electron chi connectivity index (χ0n) is 9.19. The molecule has 90 valence electrons. The van der Waals surface area contributed by atoms with Crippen molar-refractivity contribution in [1.82, 2.24) is 0 Å². The van der Waals surface area contributed by atoms with Gasteiger partial charge in [0.05, 0.1) is 0 Å². The van der Waals surface area contributed by atoms with E-state index in [1.807, 2.05) is 36.4 Å². The molecule has 0 amide bonds. The SMILES string of the molecule is O=c1c2ccccc2sc2ccc(C(Cl)Cl)cc12. The van der Waals surface area contributed by atoms with E-state index < -0.39 is 4.84 Å². The minimum absolute atomic E-state index is 0.0372. The topological polar surface area (TPSA) is 17.1 Å². The van der Waals surface area contributed by atoms with Gasteiger partial charge in [-0.05, 0) is 29.8 Å². The monoisotopic (exact) mass is 294 g/mol. The third-order valence-electron chi connectivity index (χ3n) is 2.85. The Bertz CT molecular complexity index is 793. The first-order chi connectivity index (χ1) is 8.66. The molecule has 0 aliphatic rings. The van der Waals surface area contributed by atoms with Gasteiger partial charge >= 0.3 is 0 Å². The number of hydrogen-bond acceptors (Lipinski definition) is 2. The maximum atomic E-state index is 12.4. The first-order valence-corrected chi connectivity index (χ1v) is 7.09. The van der Waals surface area contributed by atoms with Crippen LogP contribution < -0.4 is 5.43 Å². The van der Waals surface area contributed by atoms with Crippen molar-refractivity contribution in [3.63, 3.8) is 0 Å².